The summed E-state index contributed by atoms with van der Waals surface area (Å²) in [7, 11) is 2.01. The van der Waals surface area contributed by atoms with Gasteiger partial charge in [-0.15, -0.1) is 11.3 Å². The molecule has 0 aliphatic heterocycles. The number of nitrogens with one attached hydrogen (secondary N) is 1. The van der Waals surface area contributed by atoms with Gasteiger partial charge in [0, 0.05) is 4.88 Å². The first-order chi connectivity index (χ1) is 6.35. The van der Waals surface area contributed by atoms with Gasteiger partial charge in [-0.2, -0.15) is 0 Å². The first kappa shape index (κ1) is 9.16. The monoisotopic (exact) mass is 196 g/mol. The fraction of sp³-hybridized carbons (Fsp3) is 0.700. The highest BCUT2D eigenvalue weighted by Crippen LogP contribution is 2.31. The maximum absolute atomic E-state index is 4.69. The van der Waals surface area contributed by atoms with E-state index in [1.807, 2.05) is 18.4 Å². The van der Waals surface area contributed by atoms with Gasteiger partial charge in [-0.1, -0.05) is 6.92 Å². The van der Waals surface area contributed by atoms with E-state index in [0.717, 1.165) is 6.42 Å². The molecule has 1 aliphatic rings. The molecule has 0 fully saturated rings. The Morgan fingerprint density at radius 2 is 2.38 bits per heavy atom. The molecule has 1 atom stereocenters. The Hall–Kier alpha value is -0.410. The third-order valence-corrected chi connectivity index (χ3v) is 3.94. The van der Waals surface area contributed by atoms with Crippen molar-refractivity contribution in [1.29, 1.82) is 0 Å². The van der Waals surface area contributed by atoms with Gasteiger partial charge in [0.25, 0.3) is 0 Å². The summed E-state index contributed by atoms with van der Waals surface area (Å²) in [4.78, 5) is 6.22. The second-order valence-electron chi connectivity index (χ2n) is 3.53. The van der Waals surface area contributed by atoms with Gasteiger partial charge in [0.05, 0.1) is 11.7 Å². The van der Waals surface area contributed by atoms with E-state index >= 15 is 0 Å². The second kappa shape index (κ2) is 3.76. The molecule has 1 aromatic rings. The highest BCUT2D eigenvalue weighted by atomic mass is 32.1. The van der Waals surface area contributed by atoms with E-state index in [2.05, 4.69) is 17.2 Å². The Bertz CT molecular complexity index is 268. The summed E-state index contributed by atoms with van der Waals surface area (Å²) in [5.74, 6) is 0. The van der Waals surface area contributed by atoms with Gasteiger partial charge in [0.1, 0.15) is 5.01 Å². The van der Waals surface area contributed by atoms with Crippen LogP contribution in [-0.4, -0.2) is 12.0 Å². The van der Waals surface area contributed by atoms with Crippen LogP contribution in [0.2, 0.25) is 0 Å². The van der Waals surface area contributed by atoms with Crippen LogP contribution in [0.4, 0.5) is 0 Å². The molecule has 2 rings (SSSR count). The average molecular weight is 196 g/mol. The summed E-state index contributed by atoms with van der Waals surface area (Å²) in [6, 6.07) is 0.468. The number of rotatable bonds is 3. The zero-order valence-corrected chi connectivity index (χ0v) is 9.08. The lowest BCUT2D eigenvalue weighted by Gasteiger charge is -2.09. The molecule has 1 unspecified atom stereocenters. The molecule has 0 bridgehead atoms. The fourth-order valence-electron chi connectivity index (χ4n) is 1.86. The Morgan fingerprint density at radius 3 is 3.00 bits per heavy atom. The minimum Gasteiger partial charge on any atom is -0.311 e. The molecule has 1 aromatic heterocycles. The van der Waals surface area contributed by atoms with E-state index in [1.165, 1.54) is 34.8 Å². The number of hydrogen-bond acceptors (Lipinski definition) is 3. The maximum atomic E-state index is 4.69. The Morgan fingerprint density at radius 1 is 1.54 bits per heavy atom. The lowest BCUT2D eigenvalue weighted by atomic mass is 10.2. The molecule has 3 heteroatoms. The lowest BCUT2D eigenvalue weighted by Crippen LogP contribution is -2.14. The summed E-state index contributed by atoms with van der Waals surface area (Å²) >= 11 is 1.91. The van der Waals surface area contributed by atoms with Crippen molar-refractivity contribution in [2.24, 2.45) is 0 Å². The van der Waals surface area contributed by atoms with Crippen molar-refractivity contribution in [2.45, 2.75) is 38.6 Å². The molecule has 72 valence electrons. The van der Waals surface area contributed by atoms with Crippen LogP contribution in [-0.2, 0) is 12.8 Å². The highest BCUT2D eigenvalue weighted by Gasteiger charge is 2.19. The number of nitrogens with zero attached hydrogens (tertiary/aromatic N) is 1. The van der Waals surface area contributed by atoms with Crippen LogP contribution in [0, 0.1) is 0 Å². The predicted octanol–water partition coefficient (Wildman–Crippen LogP) is 2.30. The molecule has 0 aromatic carbocycles. The van der Waals surface area contributed by atoms with Crippen LogP contribution in [0.25, 0.3) is 0 Å². The summed E-state index contributed by atoms with van der Waals surface area (Å²) in [5.41, 5.74) is 1.37. The Labute approximate surface area is 83.4 Å². The van der Waals surface area contributed by atoms with E-state index in [0.29, 0.717) is 6.04 Å². The normalized spacial score (nSPS) is 17.4. The van der Waals surface area contributed by atoms with E-state index in [4.69, 9.17) is 0 Å². The predicted molar refractivity (Wildman–Crippen MR) is 56.2 cm³/mol. The van der Waals surface area contributed by atoms with Crippen LogP contribution >= 0.6 is 11.3 Å². The van der Waals surface area contributed by atoms with Crippen molar-refractivity contribution in [2.75, 3.05) is 7.05 Å². The first-order valence-corrected chi connectivity index (χ1v) is 5.82. The topological polar surface area (TPSA) is 24.9 Å². The third kappa shape index (κ3) is 1.63. The number of aromatic nitrogens is 1. The molecule has 0 saturated heterocycles. The van der Waals surface area contributed by atoms with Crippen LogP contribution in [0.15, 0.2) is 0 Å². The van der Waals surface area contributed by atoms with Gasteiger partial charge in [0.2, 0.25) is 0 Å². The van der Waals surface area contributed by atoms with Crippen LogP contribution in [0.1, 0.15) is 41.4 Å². The lowest BCUT2D eigenvalue weighted by molar-refractivity contribution is 0.572. The zero-order chi connectivity index (χ0) is 9.26. The quantitative estimate of drug-likeness (QED) is 0.802. The summed E-state index contributed by atoms with van der Waals surface area (Å²) < 4.78 is 0. The molecule has 0 saturated carbocycles. The smallest absolute Gasteiger partial charge is 0.110 e. The molecule has 0 spiro atoms. The Balaban J connectivity index is 2.22. The van der Waals surface area contributed by atoms with Crippen molar-refractivity contribution in [3.05, 3.63) is 15.6 Å². The average Bonchev–Trinajstić information content (AvgIpc) is 2.65. The fourth-order valence-corrected chi connectivity index (χ4v) is 3.21. The van der Waals surface area contributed by atoms with Crippen molar-refractivity contribution in [1.82, 2.24) is 10.3 Å². The molecular formula is C10H16N2S. The number of fused-ring (bicyclic) bond motifs is 1. The van der Waals surface area contributed by atoms with Crippen LogP contribution in [0.3, 0.4) is 0 Å². The molecule has 13 heavy (non-hydrogen) atoms. The summed E-state index contributed by atoms with van der Waals surface area (Å²) in [6.07, 6.45) is 4.90. The van der Waals surface area contributed by atoms with Gasteiger partial charge in [-0.3, -0.25) is 0 Å². The number of hydrogen-bond donors (Lipinski definition) is 1. The van der Waals surface area contributed by atoms with Gasteiger partial charge in [-0.05, 0) is 32.7 Å². The molecule has 1 aliphatic carbocycles. The number of thiazole rings is 1. The van der Waals surface area contributed by atoms with Crippen molar-refractivity contribution in [3.63, 3.8) is 0 Å². The standard InChI is InChI=1S/C10H16N2S/c1-3-7(11-2)10-12-8-5-4-6-9(8)13-10/h7,11H,3-6H2,1-2H3. The van der Waals surface area contributed by atoms with Crippen molar-refractivity contribution >= 4 is 11.3 Å². The molecule has 0 radical (unpaired) electrons. The van der Waals surface area contributed by atoms with E-state index in [-0.39, 0.29) is 0 Å². The van der Waals surface area contributed by atoms with E-state index in [9.17, 15) is 0 Å². The summed E-state index contributed by atoms with van der Waals surface area (Å²) in [6.45, 7) is 2.20. The van der Waals surface area contributed by atoms with Gasteiger partial charge >= 0.3 is 0 Å². The Kier molecular flexibility index (Phi) is 2.65. The molecule has 2 nitrogen and oxygen atoms in total. The van der Waals surface area contributed by atoms with E-state index < -0.39 is 0 Å². The second-order valence-corrected chi connectivity index (χ2v) is 4.64. The largest absolute Gasteiger partial charge is 0.311 e. The zero-order valence-electron chi connectivity index (χ0n) is 8.26. The maximum Gasteiger partial charge on any atom is 0.110 e. The number of aryl methyl sites for hydroxylation is 2. The first-order valence-electron chi connectivity index (χ1n) is 5.01. The molecular weight excluding hydrogens is 180 g/mol. The van der Waals surface area contributed by atoms with Crippen LogP contribution < -0.4 is 5.32 Å². The third-order valence-electron chi connectivity index (χ3n) is 2.67. The van der Waals surface area contributed by atoms with Crippen molar-refractivity contribution in [3.8, 4) is 0 Å². The van der Waals surface area contributed by atoms with Crippen molar-refractivity contribution < 1.29 is 0 Å². The summed E-state index contributed by atoms with van der Waals surface area (Å²) in [5, 5.41) is 4.59. The van der Waals surface area contributed by atoms with Gasteiger partial charge in [-0.25, -0.2) is 4.98 Å². The minimum atomic E-state index is 0.468. The molecule has 0 amide bonds. The molecule has 1 N–H and O–H groups in total. The van der Waals surface area contributed by atoms with Gasteiger partial charge < -0.3 is 5.32 Å². The van der Waals surface area contributed by atoms with Gasteiger partial charge in [0.15, 0.2) is 0 Å². The minimum absolute atomic E-state index is 0.468. The van der Waals surface area contributed by atoms with E-state index in [1.54, 1.807) is 0 Å². The SMILES string of the molecule is CCC(NC)c1nc2c(s1)CCC2. The van der Waals surface area contributed by atoms with Crippen LogP contribution in [0.5, 0.6) is 0 Å². The highest BCUT2D eigenvalue weighted by molar-refractivity contribution is 7.11. The molecule has 1 heterocycles.